The van der Waals surface area contributed by atoms with E-state index >= 15 is 0 Å². The smallest absolute Gasteiger partial charge is 0.254 e. The van der Waals surface area contributed by atoms with Gasteiger partial charge in [-0.05, 0) is 31.4 Å². The van der Waals surface area contributed by atoms with Crippen molar-refractivity contribution < 1.29 is 27.4 Å². The number of ether oxygens (including phenoxy) is 3. The lowest BCUT2D eigenvalue weighted by Gasteiger charge is -2.31. The highest BCUT2D eigenvalue weighted by Gasteiger charge is 2.37. The van der Waals surface area contributed by atoms with E-state index in [0.29, 0.717) is 54.9 Å². The van der Waals surface area contributed by atoms with Crippen LogP contribution in [0.1, 0.15) is 29.6 Å². The van der Waals surface area contributed by atoms with E-state index in [1.165, 1.54) is 0 Å². The van der Waals surface area contributed by atoms with Crippen LogP contribution in [0.5, 0.6) is 11.5 Å². The van der Waals surface area contributed by atoms with Crippen molar-refractivity contribution in [2.24, 2.45) is 0 Å². The zero-order valence-corrected chi connectivity index (χ0v) is 16.4. The molecule has 3 aliphatic heterocycles. The first-order valence-corrected chi connectivity index (χ1v) is 11.3. The Bertz CT molecular complexity index is 836. The lowest BCUT2D eigenvalue weighted by Crippen LogP contribution is -2.45. The summed E-state index contributed by atoms with van der Waals surface area (Å²) in [4.78, 5) is 14.9. The molecule has 0 spiro atoms. The Morgan fingerprint density at radius 2 is 2.00 bits per heavy atom. The van der Waals surface area contributed by atoms with Gasteiger partial charge in [0.25, 0.3) is 5.91 Å². The van der Waals surface area contributed by atoms with Crippen LogP contribution in [0.25, 0.3) is 0 Å². The molecule has 0 radical (unpaired) electrons. The lowest BCUT2D eigenvalue weighted by atomic mass is 10.1. The van der Waals surface area contributed by atoms with Gasteiger partial charge in [0.1, 0.15) is 13.2 Å². The molecule has 0 unspecified atom stereocenters. The van der Waals surface area contributed by atoms with Gasteiger partial charge in [0.15, 0.2) is 21.3 Å². The molecule has 3 heterocycles. The van der Waals surface area contributed by atoms with Gasteiger partial charge in [-0.15, -0.1) is 0 Å². The van der Waals surface area contributed by atoms with Crippen LogP contribution in [0, 0.1) is 0 Å². The van der Waals surface area contributed by atoms with Crippen molar-refractivity contribution >= 4 is 27.3 Å². The lowest BCUT2D eigenvalue weighted by molar-refractivity contribution is 0.0441. The minimum absolute atomic E-state index is 0.0102. The van der Waals surface area contributed by atoms with Crippen molar-refractivity contribution in [3.8, 4) is 11.5 Å². The molecule has 3 aliphatic rings. The van der Waals surface area contributed by atoms with E-state index in [1.54, 1.807) is 17.0 Å². The van der Waals surface area contributed by atoms with Crippen molar-refractivity contribution in [3.63, 3.8) is 0 Å². The summed E-state index contributed by atoms with van der Waals surface area (Å²) >= 11 is 6.28. The molecule has 1 amide bonds. The second-order valence-corrected chi connectivity index (χ2v) is 9.77. The summed E-state index contributed by atoms with van der Waals surface area (Å²) in [6.45, 7) is 1.85. The Morgan fingerprint density at radius 3 is 2.70 bits per heavy atom. The summed E-state index contributed by atoms with van der Waals surface area (Å²) in [6, 6.07) is 2.83. The molecule has 2 atom stereocenters. The highest BCUT2D eigenvalue weighted by atomic mass is 35.5. The molecule has 4 rings (SSSR count). The standard InChI is InChI=1S/C18H22ClNO6S/c19-15-8-12(9-16-17(15)26-6-5-25-16)18(21)20(10-14-2-1-4-24-14)13-3-7-27(22,23)11-13/h8-9,13-14H,1-7,10-11H2/t13-,14+/m0/s1. The van der Waals surface area contributed by atoms with Gasteiger partial charge in [-0.3, -0.25) is 4.79 Å². The fraction of sp³-hybridized carbons (Fsp3) is 0.611. The number of carbonyl (C=O) groups excluding carboxylic acids is 1. The molecule has 7 nitrogen and oxygen atoms in total. The SMILES string of the molecule is O=C(c1cc(Cl)c2c(c1)OCCO2)N(C[C@H]1CCCO1)[C@H]1CCS(=O)(=O)C1. The number of carbonyl (C=O) groups is 1. The number of sulfone groups is 1. The largest absolute Gasteiger partial charge is 0.486 e. The van der Waals surface area contributed by atoms with Crippen LogP contribution >= 0.6 is 11.6 Å². The maximum atomic E-state index is 13.3. The monoisotopic (exact) mass is 415 g/mol. The van der Waals surface area contributed by atoms with Crippen LogP contribution in [-0.2, 0) is 14.6 Å². The Morgan fingerprint density at radius 1 is 1.19 bits per heavy atom. The number of halogens is 1. The van der Waals surface area contributed by atoms with E-state index in [2.05, 4.69) is 0 Å². The first-order valence-electron chi connectivity index (χ1n) is 9.15. The van der Waals surface area contributed by atoms with E-state index in [4.69, 9.17) is 25.8 Å². The normalized spacial score (nSPS) is 26.1. The highest BCUT2D eigenvalue weighted by molar-refractivity contribution is 7.91. The summed E-state index contributed by atoms with van der Waals surface area (Å²) < 4.78 is 40.7. The van der Waals surface area contributed by atoms with Crippen LogP contribution in [0.3, 0.4) is 0 Å². The number of hydrogen-bond acceptors (Lipinski definition) is 6. The third kappa shape index (κ3) is 4.02. The van der Waals surface area contributed by atoms with Crippen molar-refractivity contribution in [1.29, 1.82) is 0 Å². The summed E-state index contributed by atoms with van der Waals surface area (Å²) in [5.41, 5.74) is 0.367. The molecule has 2 saturated heterocycles. The van der Waals surface area contributed by atoms with Gasteiger partial charge in [0.2, 0.25) is 0 Å². The predicted octanol–water partition coefficient (Wildman–Crippen LogP) is 1.92. The van der Waals surface area contributed by atoms with E-state index in [0.717, 1.165) is 12.8 Å². The minimum atomic E-state index is -3.12. The van der Waals surface area contributed by atoms with Gasteiger partial charge in [-0.25, -0.2) is 8.42 Å². The van der Waals surface area contributed by atoms with Gasteiger partial charge in [0, 0.05) is 24.8 Å². The number of amides is 1. The Balaban J connectivity index is 1.62. The van der Waals surface area contributed by atoms with Crippen LogP contribution < -0.4 is 9.47 Å². The fourth-order valence-corrected chi connectivity index (χ4v) is 5.82. The van der Waals surface area contributed by atoms with Gasteiger partial charge in [-0.2, -0.15) is 0 Å². The van der Waals surface area contributed by atoms with E-state index in [-0.39, 0.29) is 29.6 Å². The number of nitrogens with zero attached hydrogens (tertiary/aromatic N) is 1. The molecule has 0 saturated carbocycles. The molecule has 27 heavy (non-hydrogen) atoms. The summed E-state index contributed by atoms with van der Waals surface area (Å²) in [5, 5.41) is 0.312. The van der Waals surface area contributed by atoms with Gasteiger partial charge >= 0.3 is 0 Å². The molecule has 0 aromatic heterocycles. The zero-order valence-electron chi connectivity index (χ0n) is 14.9. The second kappa shape index (κ2) is 7.48. The van der Waals surface area contributed by atoms with E-state index < -0.39 is 9.84 Å². The zero-order chi connectivity index (χ0) is 19.0. The van der Waals surface area contributed by atoms with Crippen LogP contribution in [-0.4, -0.2) is 69.2 Å². The first kappa shape index (κ1) is 18.8. The Kier molecular flexibility index (Phi) is 5.22. The maximum absolute atomic E-state index is 13.3. The van der Waals surface area contributed by atoms with Crippen LogP contribution in [0.4, 0.5) is 0 Å². The van der Waals surface area contributed by atoms with Gasteiger partial charge < -0.3 is 19.1 Å². The minimum Gasteiger partial charge on any atom is -0.486 e. The average Bonchev–Trinajstić information content (AvgIpc) is 3.28. The highest BCUT2D eigenvalue weighted by Crippen LogP contribution is 2.39. The van der Waals surface area contributed by atoms with Gasteiger partial charge in [-0.1, -0.05) is 11.6 Å². The molecule has 1 aromatic carbocycles. The number of rotatable bonds is 4. The van der Waals surface area contributed by atoms with Crippen LogP contribution in [0.15, 0.2) is 12.1 Å². The Hall–Kier alpha value is -1.51. The summed E-state index contributed by atoms with van der Waals surface area (Å²) in [7, 11) is -3.12. The molecular weight excluding hydrogens is 394 g/mol. The van der Waals surface area contributed by atoms with Crippen molar-refractivity contribution in [2.45, 2.75) is 31.4 Å². The van der Waals surface area contributed by atoms with Gasteiger partial charge in [0.05, 0.1) is 22.6 Å². The molecular formula is C18H22ClNO6S. The molecule has 9 heteroatoms. The molecule has 2 fully saturated rings. The van der Waals surface area contributed by atoms with Crippen molar-refractivity contribution in [1.82, 2.24) is 4.90 Å². The van der Waals surface area contributed by atoms with E-state index in [1.807, 2.05) is 0 Å². The molecule has 148 valence electrons. The number of fused-ring (bicyclic) bond motifs is 1. The van der Waals surface area contributed by atoms with E-state index in [9.17, 15) is 13.2 Å². The van der Waals surface area contributed by atoms with Crippen molar-refractivity contribution in [3.05, 3.63) is 22.7 Å². The predicted molar refractivity (Wildman–Crippen MR) is 99.5 cm³/mol. The van der Waals surface area contributed by atoms with Crippen LogP contribution in [0.2, 0.25) is 5.02 Å². The number of benzene rings is 1. The molecule has 1 aromatic rings. The Labute approximate surface area is 163 Å². The third-order valence-electron chi connectivity index (χ3n) is 5.18. The third-order valence-corrected chi connectivity index (χ3v) is 7.21. The molecule has 0 aliphatic carbocycles. The molecule has 0 bridgehead atoms. The quantitative estimate of drug-likeness (QED) is 0.747. The second-order valence-electron chi connectivity index (χ2n) is 7.13. The summed E-state index contributed by atoms with van der Waals surface area (Å²) in [5.74, 6) is 0.715. The number of hydrogen-bond donors (Lipinski definition) is 0. The maximum Gasteiger partial charge on any atom is 0.254 e. The molecule has 0 N–H and O–H groups in total. The fourth-order valence-electron chi connectivity index (χ4n) is 3.83. The van der Waals surface area contributed by atoms with Crippen molar-refractivity contribution in [2.75, 3.05) is 37.9 Å². The topological polar surface area (TPSA) is 82.1 Å². The first-order chi connectivity index (χ1) is 12.9. The summed E-state index contributed by atoms with van der Waals surface area (Å²) in [6.07, 6.45) is 2.19. The average molecular weight is 416 g/mol.